The number of hydrogen-bond donors (Lipinski definition) is 0. The van der Waals surface area contributed by atoms with Gasteiger partial charge in [-0.25, -0.2) is 0 Å². The molecule has 0 unspecified atom stereocenters. The minimum absolute atomic E-state index is 0.721. The lowest BCUT2D eigenvalue weighted by molar-refractivity contribution is 0.112. The fourth-order valence-electron chi connectivity index (χ4n) is 1.18. The third kappa shape index (κ3) is 6.24. The van der Waals surface area contributed by atoms with E-state index < -0.39 is 0 Å². The molecule has 0 saturated carbocycles. The lowest BCUT2D eigenvalue weighted by atomic mass is 10.2. The Hall–Kier alpha value is -0.320. The standard InChI is InChI=1S/C13H16OS3/c1-2-3-8-16-13(15)17-10-12-6-4-11(9-14)5-7-12/h4-7,9H,2-3,8,10H2,1H3. The van der Waals surface area contributed by atoms with Gasteiger partial charge in [0.15, 0.2) is 0 Å². The van der Waals surface area contributed by atoms with Crippen molar-refractivity contribution in [3.8, 4) is 0 Å². The van der Waals surface area contributed by atoms with Crippen molar-refractivity contribution in [3.05, 3.63) is 35.4 Å². The molecule has 4 heteroatoms. The van der Waals surface area contributed by atoms with Gasteiger partial charge in [0.05, 0.1) is 0 Å². The van der Waals surface area contributed by atoms with Crippen LogP contribution in [0.2, 0.25) is 0 Å². The van der Waals surface area contributed by atoms with Gasteiger partial charge in [-0.3, -0.25) is 4.79 Å². The molecule has 0 fully saturated rings. The van der Waals surface area contributed by atoms with Crippen LogP contribution in [-0.4, -0.2) is 15.6 Å². The van der Waals surface area contributed by atoms with Gasteiger partial charge in [-0.05, 0) is 17.7 Å². The zero-order valence-corrected chi connectivity index (χ0v) is 12.3. The molecule has 92 valence electrons. The van der Waals surface area contributed by atoms with Gasteiger partial charge in [0.25, 0.3) is 0 Å². The molecule has 1 rings (SSSR count). The summed E-state index contributed by atoms with van der Waals surface area (Å²) in [6.07, 6.45) is 3.30. The summed E-state index contributed by atoms with van der Waals surface area (Å²) < 4.78 is 1.01. The first kappa shape index (κ1) is 14.7. The first-order valence-electron chi connectivity index (χ1n) is 5.60. The zero-order valence-electron chi connectivity index (χ0n) is 9.85. The highest BCUT2D eigenvalue weighted by molar-refractivity contribution is 8.46. The van der Waals surface area contributed by atoms with Gasteiger partial charge < -0.3 is 0 Å². The van der Waals surface area contributed by atoms with E-state index in [-0.39, 0.29) is 0 Å². The van der Waals surface area contributed by atoms with Crippen LogP contribution in [0.3, 0.4) is 0 Å². The van der Waals surface area contributed by atoms with Gasteiger partial charge in [-0.2, -0.15) is 0 Å². The summed E-state index contributed by atoms with van der Waals surface area (Å²) in [6.45, 7) is 2.19. The highest BCUT2D eigenvalue weighted by Gasteiger charge is 2.00. The summed E-state index contributed by atoms with van der Waals surface area (Å²) in [5, 5.41) is 0. The molecule has 1 nitrogen and oxygen atoms in total. The summed E-state index contributed by atoms with van der Waals surface area (Å²) in [6, 6.07) is 7.65. The van der Waals surface area contributed by atoms with E-state index in [1.165, 1.54) is 18.4 Å². The number of unbranched alkanes of at least 4 members (excludes halogenated alkanes) is 1. The topological polar surface area (TPSA) is 17.1 Å². The predicted molar refractivity (Wildman–Crippen MR) is 83.1 cm³/mol. The molecule has 0 aliphatic rings. The molecule has 0 aromatic heterocycles. The lowest BCUT2D eigenvalue weighted by Gasteiger charge is -2.03. The maximum absolute atomic E-state index is 10.5. The van der Waals surface area contributed by atoms with Crippen molar-refractivity contribution in [1.82, 2.24) is 0 Å². The third-order valence-electron chi connectivity index (χ3n) is 2.19. The van der Waals surface area contributed by atoms with Crippen molar-refractivity contribution in [2.45, 2.75) is 25.5 Å². The van der Waals surface area contributed by atoms with E-state index in [2.05, 4.69) is 6.92 Å². The van der Waals surface area contributed by atoms with E-state index in [1.54, 1.807) is 23.5 Å². The second-order valence-corrected chi connectivity index (χ2v) is 6.87. The summed E-state index contributed by atoms with van der Waals surface area (Å²) in [7, 11) is 0. The van der Waals surface area contributed by atoms with Crippen LogP contribution in [0, 0.1) is 0 Å². The molecule has 0 saturated heterocycles. The number of thioether (sulfide) groups is 2. The van der Waals surface area contributed by atoms with Crippen LogP contribution in [0.4, 0.5) is 0 Å². The van der Waals surface area contributed by atoms with Gasteiger partial charge >= 0.3 is 0 Å². The molecular weight excluding hydrogens is 268 g/mol. The number of benzene rings is 1. The second-order valence-electron chi connectivity index (χ2n) is 3.60. The minimum Gasteiger partial charge on any atom is -0.298 e. The molecule has 0 spiro atoms. The van der Waals surface area contributed by atoms with Gasteiger partial charge in [0.1, 0.15) is 9.81 Å². The average molecular weight is 284 g/mol. The van der Waals surface area contributed by atoms with E-state index in [9.17, 15) is 4.79 Å². The Bertz CT molecular complexity index is 359. The zero-order chi connectivity index (χ0) is 12.5. The summed E-state index contributed by atoms with van der Waals surface area (Å²) >= 11 is 8.75. The number of carbonyl (C=O) groups is 1. The molecular formula is C13H16OS3. The van der Waals surface area contributed by atoms with Crippen molar-refractivity contribution in [2.24, 2.45) is 0 Å². The average Bonchev–Trinajstić information content (AvgIpc) is 2.37. The van der Waals surface area contributed by atoms with E-state index >= 15 is 0 Å². The van der Waals surface area contributed by atoms with Crippen molar-refractivity contribution >= 4 is 45.6 Å². The van der Waals surface area contributed by atoms with Crippen LogP contribution in [0.15, 0.2) is 24.3 Å². The Labute approximate surface area is 117 Å². The molecule has 17 heavy (non-hydrogen) atoms. The van der Waals surface area contributed by atoms with Crippen LogP contribution < -0.4 is 0 Å². The molecule has 0 aliphatic carbocycles. The van der Waals surface area contributed by atoms with Crippen molar-refractivity contribution in [3.63, 3.8) is 0 Å². The highest BCUT2D eigenvalue weighted by atomic mass is 32.2. The first-order valence-corrected chi connectivity index (χ1v) is 7.98. The fraction of sp³-hybridized carbons (Fsp3) is 0.385. The fourth-order valence-corrected chi connectivity index (χ4v) is 3.44. The molecule has 1 aromatic carbocycles. The molecule has 0 aliphatic heterocycles. The van der Waals surface area contributed by atoms with Gasteiger partial charge in [-0.1, -0.05) is 49.8 Å². The third-order valence-corrected chi connectivity index (χ3v) is 5.05. The van der Waals surface area contributed by atoms with Gasteiger partial charge in [0.2, 0.25) is 0 Å². The second kappa shape index (κ2) is 8.72. The Morgan fingerprint density at radius 3 is 2.59 bits per heavy atom. The molecule has 0 heterocycles. The van der Waals surface area contributed by atoms with Crippen LogP contribution in [-0.2, 0) is 5.75 Å². The van der Waals surface area contributed by atoms with Gasteiger partial charge in [-0.15, -0.1) is 23.5 Å². The summed E-state index contributed by atoms with van der Waals surface area (Å²) in [5.41, 5.74) is 1.93. The van der Waals surface area contributed by atoms with Crippen molar-refractivity contribution < 1.29 is 4.79 Å². The highest BCUT2D eigenvalue weighted by Crippen LogP contribution is 2.22. The van der Waals surface area contributed by atoms with E-state index in [0.29, 0.717) is 0 Å². The summed E-state index contributed by atoms with van der Waals surface area (Å²) in [4.78, 5) is 10.5. The molecule has 0 bridgehead atoms. The molecule has 0 atom stereocenters. The lowest BCUT2D eigenvalue weighted by Crippen LogP contribution is -1.88. The van der Waals surface area contributed by atoms with Crippen LogP contribution in [0.1, 0.15) is 35.7 Å². The maximum atomic E-state index is 10.5. The number of aldehydes is 1. The van der Waals surface area contributed by atoms with E-state index in [1.807, 2.05) is 24.3 Å². The van der Waals surface area contributed by atoms with Gasteiger partial charge in [0, 0.05) is 11.3 Å². The Morgan fingerprint density at radius 2 is 2.00 bits per heavy atom. The molecule has 0 amide bonds. The number of hydrogen-bond acceptors (Lipinski definition) is 4. The van der Waals surface area contributed by atoms with Crippen LogP contribution in [0.5, 0.6) is 0 Å². The molecule has 0 N–H and O–H groups in total. The largest absolute Gasteiger partial charge is 0.298 e. The Balaban J connectivity index is 2.29. The SMILES string of the molecule is CCCCSC(=S)SCc1ccc(C=O)cc1. The molecule has 1 aromatic rings. The van der Waals surface area contributed by atoms with E-state index in [4.69, 9.17) is 12.2 Å². The maximum Gasteiger partial charge on any atom is 0.150 e. The number of carbonyl (C=O) groups excluding carboxylic acids is 1. The van der Waals surface area contributed by atoms with Crippen LogP contribution in [0.25, 0.3) is 0 Å². The quantitative estimate of drug-likeness (QED) is 0.433. The predicted octanol–water partition coefficient (Wildman–Crippen LogP) is 4.55. The van der Waals surface area contributed by atoms with Crippen LogP contribution >= 0.6 is 35.7 Å². The molecule has 0 radical (unpaired) electrons. The minimum atomic E-state index is 0.721. The van der Waals surface area contributed by atoms with E-state index in [0.717, 1.165) is 26.9 Å². The number of thiocarbonyl (C=S) groups is 1. The monoisotopic (exact) mass is 284 g/mol. The van der Waals surface area contributed by atoms with Crippen molar-refractivity contribution in [1.29, 1.82) is 0 Å². The number of rotatable bonds is 6. The first-order chi connectivity index (χ1) is 8.26. The van der Waals surface area contributed by atoms with Crippen molar-refractivity contribution in [2.75, 3.05) is 5.75 Å². The smallest absolute Gasteiger partial charge is 0.150 e. The summed E-state index contributed by atoms with van der Waals surface area (Å²) in [5.74, 6) is 2.00. The normalized spacial score (nSPS) is 10.2. The Kier molecular flexibility index (Phi) is 7.56. The Morgan fingerprint density at radius 1 is 1.29 bits per heavy atom.